The molecule has 4 rings (SSSR count). The van der Waals surface area contributed by atoms with Crippen LogP contribution in [-0.2, 0) is 13.1 Å². The standard InChI is InChI=1S/C19H20N2O2/c1-2-21-13-14(16-5-3-4-6-17(16)21)12-20-15-7-8-18-19(11-15)23-10-9-22-18/h3-8,11,13,20H,2,9-10,12H2,1H3. The van der Waals surface area contributed by atoms with Gasteiger partial charge in [-0.15, -0.1) is 0 Å². The molecule has 118 valence electrons. The highest BCUT2D eigenvalue weighted by Crippen LogP contribution is 2.33. The fourth-order valence-corrected chi connectivity index (χ4v) is 3.08. The molecule has 0 amide bonds. The molecule has 2 heterocycles. The number of ether oxygens (including phenoxy) is 2. The van der Waals surface area contributed by atoms with Crippen LogP contribution in [0.5, 0.6) is 11.5 Å². The van der Waals surface area contributed by atoms with Gasteiger partial charge in [-0.1, -0.05) is 18.2 Å². The first kappa shape index (κ1) is 14.0. The van der Waals surface area contributed by atoms with E-state index in [-0.39, 0.29) is 0 Å². The predicted molar refractivity (Wildman–Crippen MR) is 92.4 cm³/mol. The minimum atomic E-state index is 0.612. The summed E-state index contributed by atoms with van der Waals surface area (Å²) >= 11 is 0. The van der Waals surface area contributed by atoms with Crippen molar-refractivity contribution < 1.29 is 9.47 Å². The summed E-state index contributed by atoms with van der Waals surface area (Å²) in [6.07, 6.45) is 2.23. The predicted octanol–water partition coefficient (Wildman–Crippen LogP) is 4.04. The summed E-state index contributed by atoms with van der Waals surface area (Å²) < 4.78 is 13.5. The van der Waals surface area contributed by atoms with Crippen molar-refractivity contribution in [2.75, 3.05) is 18.5 Å². The number of benzene rings is 2. The van der Waals surface area contributed by atoms with Gasteiger partial charge in [-0.05, 0) is 30.7 Å². The maximum Gasteiger partial charge on any atom is 0.163 e. The van der Waals surface area contributed by atoms with E-state index in [2.05, 4.69) is 47.3 Å². The molecule has 1 N–H and O–H groups in total. The number of hydrogen-bond donors (Lipinski definition) is 1. The highest BCUT2D eigenvalue weighted by atomic mass is 16.6. The zero-order valence-electron chi connectivity index (χ0n) is 13.2. The maximum absolute atomic E-state index is 5.64. The Bertz CT molecular complexity index is 839. The Labute approximate surface area is 135 Å². The maximum atomic E-state index is 5.64. The molecule has 23 heavy (non-hydrogen) atoms. The molecule has 1 aliphatic rings. The van der Waals surface area contributed by atoms with E-state index in [0.29, 0.717) is 13.2 Å². The molecule has 1 aliphatic heterocycles. The fourth-order valence-electron chi connectivity index (χ4n) is 3.08. The lowest BCUT2D eigenvalue weighted by molar-refractivity contribution is 0.171. The van der Waals surface area contributed by atoms with Crippen LogP contribution in [0.15, 0.2) is 48.7 Å². The third kappa shape index (κ3) is 2.61. The summed E-state index contributed by atoms with van der Waals surface area (Å²) in [5.74, 6) is 1.64. The molecule has 0 saturated carbocycles. The molecule has 0 radical (unpaired) electrons. The van der Waals surface area contributed by atoms with Crippen LogP contribution in [0.3, 0.4) is 0 Å². The average Bonchev–Trinajstić information content (AvgIpc) is 2.98. The van der Waals surface area contributed by atoms with Crippen LogP contribution in [-0.4, -0.2) is 17.8 Å². The van der Waals surface area contributed by atoms with Crippen molar-refractivity contribution in [3.05, 3.63) is 54.2 Å². The van der Waals surface area contributed by atoms with E-state index in [1.807, 2.05) is 18.2 Å². The van der Waals surface area contributed by atoms with E-state index in [9.17, 15) is 0 Å². The van der Waals surface area contributed by atoms with Crippen molar-refractivity contribution in [1.29, 1.82) is 0 Å². The number of para-hydroxylation sites is 1. The minimum absolute atomic E-state index is 0.612. The lowest BCUT2D eigenvalue weighted by Crippen LogP contribution is -2.15. The SMILES string of the molecule is CCn1cc(CNc2ccc3c(c2)OCCO3)c2ccccc21. The van der Waals surface area contributed by atoms with Crippen LogP contribution in [0.25, 0.3) is 10.9 Å². The number of nitrogens with zero attached hydrogens (tertiary/aromatic N) is 1. The van der Waals surface area contributed by atoms with E-state index >= 15 is 0 Å². The Morgan fingerprint density at radius 3 is 2.74 bits per heavy atom. The molecule has 4 heteroatoms. The van der Waals surface area contributed by atoms with Gasteiger partial charge in [0.1, 0.15) is 13.2 Å². The van der Waals surface area contributed by atoms with Gasteiger partial charge < -0.3 is 19.4 Å². The Kier molecular flexibility index (Phi) is 3.58. The molecule has 0 atom stereocenters. The average molecular weight is 308 g/mol. The first-order valence-electron chi connectivity index (χ1n) is 8.05. The summed E-state index contributed by atoms with van der Waals surface area (Å²) in [4.78, 5) is 0. The first-order chi connectivity index (χ1) is 11.3. The summed E-state index contributed by atoms with van der Waals surface area (Å²) in [6.45, 7) is 5.17. The summed E-state index contributed by atoms with van der Waals surface area (Å²) in [5.41, 5.74) is 3.63. The Morgan fingerprint density at radius 2 is 1.87 bits per heavy atom. The van der Waals surface area contributed by atoms with Gasteiger partial charge in [-0.25, -0.2) is 0 Å². The van der Waals surface area contributed by atoms with Gasteiger partial charge >= 0.3 is 0 Å². The van der Waals surface area contributed by atoms with E-state index in [0.717, 1.165) is 30.3 Å². The van der Waals surface area contributed by atoms with Crippen molar-refractivity contribution in [2.24, 2.45) is 0 Å². The van der Waals surface area contributed by atoms with Gasteiger partial charge in [0.15, 0.2) is 11.5 Å². The second kappa shape index (κ2) is 5.88. The van der Waals surface area contributed by atoms with Gasteiger partial charge in [0.25, 0.3) is 0 Å². The zero-order chi connectivity index (χ0) is 15.6. The van der Waals surface area contributed by atoms with Crippen molar-refractivity contribution in [1.82, 2.24) is 4.57 Å². The Hall–Kier alpha value is -2.62. The molecule has 1 aromatic heterocycles. The normalized spacial score (nSPS) is 13.3. The van der Waals surface area contributed by atoms with Gasteiger partial charge in [-0.3, -0.25) is 0 Å². The number of fused-ring (bicyclic) bond motifs is 2. The molecule has 0 spiro atoms. The van der Waals surface area contributed by atoms with Gasteiger partial charge in [-0.2, -0.15) is 0 Å². The number of hydrogen-bond acceptors (Lipinski definition) is 3. The molecule has 0 saturated heterocycles. The molecule has 3 aromatic rings. The first-order valence-corrected chi connectivity index (χ1v) is 8.05. The lowest BCUT2D eigenvalue weighted by atomic mass is 10.1. The van der Waals surface area contributed by atoms with E-state index in [4.69, 9.17) is 9.47 Å². The molecule has 0 aliphatic carbocycles. The number of aromatic nitrogens is 1. The Balaban J connectivity index is 1.57. The van der Waals surface area contributed by atoms with Crippen LogP contribution in [0.2, 0.25) is 0 Å². The van der Waals surface area contributed by atoms with E-state index < -0.39 is 0 Å². The molecule has 2 aromatic carbocycles. The smallest absolute Gasteiger partial charge is 0.163 e. The third-order valence-electron chi connectivity index (χ3n) is 4.24. The molecular weight excluding hydrogens is 288 g/mol. The number of aryl methyl sites for hydroxylation is 1. The zero-order valence-corrected chi connectivity index (χ0v) is 13.2. The van der Waals surface area contributed by atoms with E-state index in [1.165, 1.54) is 16.5 Å². The molecule has 4 nitrogen and oxygen atoms in total. The van der Waals surface area contributed by atoms with Crippen LogP contribution in [0.1, 0.15) is 12.5 Å². The molecule has 0 unspecified atom stereocenters. The van der Waals surface area contributed by atoms with Gasteiger partial charge in [0.05, 0.1) is 0 Å². The quantitative estimate of drug-likeness (QED) is 0.790. The van der Waals surface area contributed by atoms with Crippen molar-refractivity contribution in [3.8, 4) is 11.5 Å². The highest BCUT2D eigenvalue weighted by molar-refractivity contribution is 5.84. The lowest BCUT2D eigenvalue weighted by Gasteiger charge is -2.19. The van der Waals surface area contributed by atoms with Crippen molar-refractivity contribution in [3.63, 3.8) is 0 Å². The summed E-state index contributed by atoms with van der Waals surface area (Å²) in [7, 11) is 0. The van der Waals surface area contributed by atoms with Crippen LogP contribution < -0.4 is 14.8 Å². The van der Waals surface area contributed by atoms with Gasteiger partial charge in [0.2, 0.25) is 0 Å². The number of nitrogens with one attached hydrogen (secondary N) is 1. The number of anilines is 1. The fraction of sp³-hybridized carbons (Fsp3) is 0.263. The molecule has 0 bridgehead atoms. The monoisotopic (exact) mass is 308 g/mol. The Morgan fingerprint density at radius 1 is 1.04 bits per heavy atom. The second-order valence-corrected chi connectivity index (χ2v) is 5.67. The van der Waals surface area contributed by atoms with Crippen LogP contribution in [0, 0.1) is 0 Å². The topological polar surface area (TPSA) is 35.4 Å². The third-order valence-corrected chi connectivity index (χ3v) is 4.24. The largest absolute Gasteiger partial charge is 0.486 e. The molecule has 0 fully saturated rings. The highest BCUT2D eigenvalue weighted by Gasteiger charge is 2.12. The summed E-state index contributed by atoms with van der Waals surface area (Å²) in [6, 6.07) is 14.5. The minimum Gasteiger partial charge on any atom is -0.486 e. The van der Waals surface area contributed by atoms with Crippen molar-refractivity contribution in [2.45, 2.75) is 20.0 Å². The number of rotatable bonds is 4. The van der Waals surface area contributed by atoms with Crippen LogP contribution in [0.4, 0.5) is 5.69 Å². The summed E-state index contributed by atoms with van der Waals surface area (Å²) in [5, 5.41) is 4.80. The van der Waals surface area contributed by atoms with Crippen LogP contribution >= 0.6 is 0 Å². The van der Waals surface area contributed by atoms with Crippen molar-refractivity contribution >= 4 is 16.6 Å². The van der Waals surface area contributed by atoms with E-state index in [1.54, 1.807) is 0 Å². The van der Waals surface area contributed by atoms with Gasteiger partial charge in [0, 0.05) is 41.9 Å². The second-order valence-electron chi connectivity index (χ2n) is 5.67. The molecular formula is C19H20N2O2.